The second-order valence-electron chi connectivity index (χ2n) is 4.90. The number of halogens is 1. The molecule has 0 bridgehead atoms. The van der Waals surface area contributed by atoms with Gasteiger partial charge in [0.25, 0.3) is 28.3 Å². The Bertz CT molecular complexity index is 773. The highest BCUT2D eigenvalue weighted by Crippen LogP contribution is 2.21. The fraction of sp³-hybridized carbons (Fsp3) is 0.200. The molecular formula is C15H16INO5S. The lowest BCUT2D eigenvalue weighted by molar-refractivity contribution is -0.387. The first kappa shape index (κ1) is 19.5. The maximum Gasteiger partial charge on any atom is 0.296 e. The number of benzene rings is 2. The number of nitrogens with zero attached hydrogens (tertiary/aromatic N) is 1. The lowest BCUT2D eigenvalue weighted by atomic mass is 10.0. The Morgan fingerprint density at radius 3 is 1.96 bits per heavy atom. The molecule has 0 aliphatic rings. The maximum absolute atomic E-state index is 10.5. The van der Waals surface area contributed by atoms with Crippen LogP contribution in [0.15, 0.2) is 53.4 Å². The summed E-state index contributed by atoms with van der Waals surface area (Å²) < 4.78 is 32.8. The summed E-state index contributed by atoms with van der Waals surface area (Å²) in [6.45, 7) is 4.43. The predicted molar refractivity (Wildman–Crippen MR) is 81.7 cm³/mol. The summed E-state index contributed by atoms with van der Waals surface area (Å²) in [5, 5.41) is 10.3. The molecule has 0 aliphatic heterocycles. The van der Waals surface area contributed by atoms with Gasteiger partial charge in [-0.1, -0.05) is 38.1 Å². The van der Waals surface area contributed by atoms with Gasteiger partial charge in [-0.2, -0.15) is 0 Å². The molecule has 0 aromatic heterocycles. The van der Waals surface area contributed by atoms with Crippen LogP contribution in [0.4, 0.5) is 5.69 Å². The zero-order chi connectivity index (χ0) is 17.6. The molecule has 0 saturated carbocycles. The average Bonchev–Trinajstić information content (AvgIpc) is 2.47. The second kappa shape index (κ2) is 8.37. The number of nitro benzene ring substituents is 1. The SMILES string of the molecule is CC(C)c1ccc([IH+])cc1.O=[N+]([O-])c1ccccc1S(=O)(=O)[O-]. The van der Waals surface area contributed by atoms with E-state index in [1.807, 2.05) is 22.6 Å². The minimum Gasteiger partial charge on any atom is -0.744 e. The van der Waals surface area contributed by atoms with Crippen LogP contribution >= 0.6 is 0 Å². The van der Waals surface area contributed by atoms with Gasteiger partial charge >= 0.3 is 0 Å². The van der Waals surface area contributed by atoms with Crippen molar-refractivity contribution in [2.45, 2.75) is 24.7 Å². The van der Waals surface area contributed by atoms with Crippen molar-refractivity contribution in [2.75, 3.05) is 0 Å². The van der Waals surface area contributed by atoms with Crippen LogP contribution in [-0.2, 0) is 10.1 Å². The molecule has 0 saturated heterocycles. The van der Waals surface area contributed by atoms with Crippen LogP contribution in [0.1, 0.15) is 25.3 Å². The van der Waals surface area contributed by atoms with E-state index in [4.69, 9.17) is 0 Å². The highest BCUT2D eigenvalue weighted by molar-refractivity contribution is 7.85. The third kappa shape index (κ3) is 6.24. The molecule has 0 aliphatic carbocycles. The molecule has 2 rings (SSSR count). The Morgan fingerprint density at radius 2 is 1.57 bits per heavy atom. The van der Waals surface area contributed by atoms with E-state index in [2.05, 4.69) is 38.1 Å². The first-order valence-electron chi connectivity index (χ1n) is 6.59. The van der Waals surface area contributed by atoms with Gasteiger partial charge in [0.2, 0.25) is 0 Å². The highest BCUT2D eigenvalue weighted by Gasteiger charge is 2.16. The van der Waals surface area contributed by atoms with Crippen molar-refractivity contribution in [3.63, 3.8) is 0 Å². The molecule has 23 heavy (non-hydrogen) atoms. The van der Waals surface area contributed by atoms with Gasteiger partial charge in [-0.3, -0.25) is 10.1 Å². The van der Waals surface area contributed by atoms with Crippen molar-refractivity contribution < 1.29 is 40.5 Å². The second-order valence-corrected chi connectivity index (χ2v) is 7.60. The summed E-state index contributed by atoms with van der Waals surface area (Å²) in [6.07, 6.45) is 0. The average molecular weight is 449 g/mol. The molecule has 0 heterocycles. The third-order valence-electron chi connectivity index (χ3n) is 2.88. The molecule has 0 unspecified atom stereocenters. The molecule has 124 valence electrons. The van der Waals surface area contributed by atoms with Crippen LogP contribution in [0.3, 0.4) is 0 Å². The zero-order valence-electron chi connectivity index (χ0n) is 12.5. The lowest BCUT2D eigenvalue weighted by Gasteiger charge is -2.06. The Hall–Kier alpha value is -1.52. The molecular weight excluding hydrogens is 433 g/mol. The molecule has 0 amide bonds. The van der Waals surface area contributed by atoms with E-state index in [-0.39, 0.29) is 0 Å². The largest absolute Gasteiger partial charge is 0.744 e. The van der Waals surface area contributed by atoms with E-state index >= 15 is 0 Å². The number of para-hydroxylation sites is 1. The summed E-state index contributed by atoms with van der Waals surface area (Å²) in [5.41, 5.74) is 0.727. The van der Waals surface area contributed by atoms with Crippen LogP contribution < -0.4 is 22.6 Å². The minimum atomic E-state index is -4.77. The lowest BCUT2D eigenvalue weighted by Crippen LogP contribution is -3.34. The number of hydrogen-bond acceptors (Lipinski definition) is 5. The Morgan fingerprint density at radius 1 is 1.04 bits per heavy atom. The van der Waals surface area contributed by atoms with E-state index in [9.17, 15) is 23.1 Å². The van der Waals surface area contributed by atoms with Gasteiger partial charge in [-0.25, -0.2) is 8.42 Å². The van der Waals surface area contributed by atoms with E-state index < -0.39 is 25.6 Å². The highest BCUT2D eigenvalue weighted by atomic mass is 127. The van der Waals surface area contributed by atoms with E-state index in [1.54, 1.807) is 0 Å². The topological polar surface area (TPSA) is 100 Å². The molecule has 0 atom stereocenters. The minimum absolute atomic E-state index is 0.654. The van der Waals surface area contributed by atoms with E-state index in [1.165, 1.54) is 21.3 Å². The van der Waals surface area contributed by atoms with Gasteiger partial charge in [0.15, 0.2) is 3.57 Å². The standard InChI is InChI=1S/C9H12I.C6H5NO5S/c1-7(2)8-3-5-9(10)6-4-8;8-7(9)5-3-1-2-4-6(5)13(10,11)12/h3-7,10H,1-2H3;1-4H,(H,10,11,12)/q+1;/p-1. The fourth-order valence-corrected chi connectivity index (χ4v) is 2.70. The Balaban J connectivity index is 0.000000238. The first-order valence-corrected chi connectivity index (χ1v) is 9.16. The number of hydrogen-bond donors (Lipinski definition) is 0. The van der Waals surface area contributed by atoms with Gasteiger partial charge in [-0.05, 0) is 29.7 Å². The van der Waals surface area contributed by atoms with Gasteiger partial charge in [-0.15, -0.1) is 0 Å². The molecule has 0 spiro atoms. The van der Waals surface area contributed by atoms with Crippen LogP contribution in [0.5, 0.6) is 0 Å². The van der Waals surface area contributed by atoms with Gasteiger partial charge < -0.3 is 4.55 Å². The van der Waals surface area contributed by atoms with Crippen molar-refractivity contribution >= 4 is 15.8 Å². The smallest absolute Gasteiger partial charge is 0.296 e. The molecule has 6 nitrogen and oxygen atoms in total. The van der Waals surface area contributed by atoms with Crippen LogP contribution in [0.2, 0.25) is 0 Å². The summed E-state index contributed by atoms with van der Waals surface area (Å²) in [6, 6.07) is 13.1. The summed E-state index contributed by atoms with van der Waals surface area (Å²) in [7, 11) is -4.77. The first-order chi connectivity index (χ1) is 10.6. The monoisotopic (exact) mass is 449 g/mol. The number of rotatable bonds is 3. The third-order valence-corrected chi connectivity index (χ3v) is 4.54. The molecule has 2 aromatic carbocycles. The Kier molecular flexibility index (Phi) is 7.10. The molecule has 2 aromatic rings. The van der Waals surface area contributed by atoms with Crippen LogP contribution in [-0.4, -0.2) is 17.9 Å². The normalized spacial score (nSPS) is 10.8. The molecule has 8 heteroatoms. The van der Waals surface area contributed by atoms with E-state index in [0.29, 0.717) is 5.92 Å². The van der Waals surface area contributed by atoms with Crippen molar-refractivity contribution in [2.24, 2.45) is 0 Å². The van der Waals surface area contributed by atoms with Crippen molar-refractivity contribution in [3.8, 4) is 0 Å². The maximum atomic E-state index is 10.5. The molecule has 0 fully saturated rings. The van der Waals surface area contributed by atoms with Gasteiger partial charge in [0.1, 0.15) is 15.0 Å². The van der Waals surface area contributed by atoms with Gasteiger partial charge in [0.05, 0.1) is 4.92 Å². The quantitative estimate of drug-likeness (QED) is 0.279. The van der Waals surface area contributed by atoms with Gasteiger partial charge in [0, 0.05) is 6.07 Å². The zero-order valence-corrected chi connectivity index (χ0v) is 15.6. The van der Waals surface area contributed by atoms with Crippen molar-refractivity contribution in [3.05, 3.63) is 67.8 Å². The van der Waals surface area contributed by atoms with Crippen LogP contribution in [0.25, 0.3) is 0 Å². The predicted octanol–water partition coefficient (Wildman–Crippen LogP) is -0.236. The van der Waals surface area contributed by atoms with E-state index in [0.717, 1.165) is 12.1 Å². The summed E-state index contributed by atoms with van der Waals surface area (Å²) >= 11 is 2.05. The fourth-order valence-electron chi connectivity index (χ4n) is 1.67. The number of nitro groups is 1. The summed E-state index contributed by atoms with van der Waals surface area (Å²) in [5.74, 6) is 0.654. The molecule has 0 radical (unpaired) electrons. The van der Waals surface area contributed by atoms with Crippen molar-refractivity contribution in [1.82, 2.24) is 0 Å². The molecule has 0 N–H and O–H groups in total. The Labute approximate surface area is 148 Å². The van der Waals surface area contributed by atoms with Crippen molar-refractivity contribution in [1.29, 1.82) is 0 Å². The van der Waals surface area contributed by atoms with Crippen LogP contribution in [0, 0.1) is 13.7 Å². The summed E-state index contributed by atoms with van der Waals surface area (Å²) in [4.78, 5) is 8.55.